The molecule has 2 amide bonds. The third kappa shape index (κ3) is 10.8. The van der Waals surface area contributed by atoms with Crippen LogP contribution in [0.1, 0.15) is 97.8 Å². The highest BCUT2D eigenvalue weighted by Gasteiger charge is 2.43. The lowest BCUT2D eigenvalue weighted by atomic mass is 9.96. The number of imidazole rings is 1. The molecule has 1 aliphatic heterocycles. The summed E-state index contributed by atoms with van der Waals surface area (Å²) in [5, 5.41) is 29.7. The lowest BCUT2D eigenvalue weighted by molar-refractivity contribution is -0.172. The van der Waals surface area contributed by atoms with Gasteiger partial charge in [-0.3, -0.25) is 9.59 Å². The fourth-order valence-corrected chi connectivity index (χ4v) is 5.15. The molecule has 6 N–H and O–H groups in total. The molecule has 0 spiro atoms. The molecule has 3 heterocycles. The summed E-state index contributed by atoms with van der Waals surface area (Å²) in [7, 11) is 0. The largest absolute Gasteiger partial charge is 0.388 e. The Bertz CT molecular complexity index is 1070. The van der Waals surface area contributed by atoms with Crippen LogP contribution in [0.25, 0.3) is 11.2 Å². The molecule has 5 atom stereocenters. The van der Waals surface area contributed by atoms with Crippen molar-refractivity contribution in [2.75, 3.05) is 11.9 Å². The Morgan fingerprint density at radius 1 is 0.927 bits per heavy atom. The summed E-state index contributed by atoms with van der Waals surface area (Å²) in [5.41, 5.74) is 0.983. The van der Waals surface area contributed by atoms with E-state index in [2.05, 4.69) is 49.7 Å². The molecule has 230 valence electrons. The van der Waals surface area contributed by atoms with E-state index in [0.29, 0.717) is 23.4 Å². The number of aliphatic hydroxyl groups is 2. The van der Waals surface area contributed by atoms with Crippen LogP contribution in [0.4, 0.5) is 5.82 Å². The number of hydrogen-bond acceptors (Lipinski definition) is 9. The summed E-state index contributed by atoms with van der Waals surface area (Å²) in [6, 6.07) is -0.856. The van der Waals surface area contributed by atoms with Gasteiger partial charge in [0.15, 0.2) is 17.7 Å². The van der Waals surface area contributed by atoms with Crippen molar-refractivity contribution in [1.82, 2.24) is 30.6 Å². The van der Waals surface area contributed by atoms with Crippen LogP contribution in [-0.2, 0) is 14.3 Å². The predicted molar refractivity (Wildman–Crippen MR) is 157 cm³/mol. The molecule has 1 aliphatic rings. The normalized spacial score (nSPS) is 22.6. The molecule has 0 bridgehead atoms. The monoisotopic (exact) mass is 575 g/mol. The number of aliphatic hydroxyl groups excluding tert-OH is 2. The smallest absolute Gasteiger partial charge is 0.239 e. The van der Waals surface area contributed by atoms with Crippen molar-refractivity contribution >= 4 is 28.8 Å². The second-order valence-corrected chi connectivity index (χ2v) is 11.5. The summed E-state index contributed by atoms with van der Waals surface area (Å²) in [6.45, 7) is 6.04. The maximum atomic E-state index is 12.5. The van der Waals surface area contributed by atoms with Crippen molar-refractivity contribution < 1.29 is 24.5 Å². The van der Waals surface area contributed by atoms with Gasteiger partial charge in [-0.1, -0.05) is 78.1 Å². The minimum Gasteiger partial charge on any atom is -0.388 e. The molecule has 0 unspecified atom stereocenters. The molecule has 1 fully saturated rings. The summed E-state index contributed by atoms with van der Waals surface area (Å²) >= 11 is 0. The van der Waals surface area contributed by atoms with Crippen LogP contribution < -0.4 is 16.0 Å². The predicted octanol–water partition coefficient (Wildman–Crippen LogP) is 3.17. The number of unbranched alkanes of at least 4 members (excludes halogenated alkanes) is 9. The van der Waals surface area contributed by atoms with Crippen LogP contribution in [0.2, 0.25) is 0 Å². The van der Waals surface area contributed by atoms with Crippen LogP contribution >= 0.6 is 0 Å². The molecular weight excluding hydrogens is 526 g/mol. The van der Waals surface area contributed by atoms with Gasteiger partial charge in [-0.2, -0.15) is 0 Å². The number of hydrogen-bond donors (Lipinski definition) is 6. The minimum atomic E-state index is -1.35. The third-order valence-electron chi connectivity index (χ3n) is 7.61. The number of aromatic nitrogens is 4. The number of rotatable bonds is 18. The first-order valence-electron chi connectivity index (χ1n) is 15.2. The number of aromatic amines is 1. The maximum Gasteiger partial charge on any atom is 0.239 e. The fourth-order valence-electron chi connectivity index (χ4n) is 5.15. The molecule has 3 rings (SSSR count). The highest BCUT2D eigenvalue weighted by molar-refractivity contribution is 5.85. The number of carbonyl (C=O) groups excluding carboxylic acids is 2. The number of fused-ring (bicyclic) bond motifs is 1. The molecule has 1 saturated heterocycles. The number of ether oxygens (including phenoxy) is 1. The van der Waals surface area contributed by atoms with Crippen molar-refractivity contribution in [2.45, 2.75) is 128 Å². The Hall–Kier alpha value is -2.83. The number of amides is 2. The SMILES string of the molecule is CC(C)CCCCCCCCCCCCC(=O)NCC(=O)N[C@@H]1[C@H](O)[C@H](O)[C@H](Nc2ncnc3nc[nH]c23)O[C@H]1C. The van der Waals surface area contributed by atoms with E-state index < -0.39 is 36.5 Å². The number of nitrogens with zero attached hydrogens (tertiary/aromatic N) is 3. The van der Waals surface area contributed by atoms with Gasteiger partial charge in [0, 0.05) is 6.42 Å². The molecule has 0 aliphatic carbocycles. The van der Waals surface area contributed by atoms with E-state index in [4.69, 9.17) is 4.74 Å². The minimum absolute atomic E-state index is 0.172. The molecule has 2 aromatic heterocycles. The summed E-state index contributed by atoms with van der Waals surface area (Å²) in [6.07, 6.45) is 12.3. The molecule has 12 nitrogen and oxygen atoms in total. The zero-order valence-electron chi connectivity index (χ0n) is 24.8. The van der Waals surface area contributed by atoms with E-state index in [1.54, 1.807) is 6.92 Å². The van der Waals surface area contributed by atoms with Crippen LogP contribution in [0.3, 0.4) is 0 Å². The van der Waals surface area contributed by atoms with Crippen molar-refractivity contribution in [3.05, 3.63) is 12.7 Å². The van der Waals surface area contributed by atoms with E-state index in [0.717, 1.165) is 25.2 Å². The number of carbonyl (C=O) groups is 2. The van der Waals surface area contributed by atoms with Crippen LogP contribution in [-0.4, -0.2) is 79.1 Å². The Kier molecular flexibility index (Phi) is 13.7. The van der Waals surface area contributed by atoms with E-state index in [-0.39, 0.29) is 12.5 Å². The van der Waals surface area contributed by atoms with Gasteiger partial charge in [0.25, 0.3) is 0 Å². The zero-order chi connectivity index (χ0) is 29.6. The number of H-pyrrole nitrogens is 1. The maximum absolute atomic E-state index is 12.5. The Labute approximate surface area is 242 Å². The summed E-state index contributed by atoms with van der Waals surface area (Å²) in [5.74, 6) is 0.539. The Morgan fingerprint density at radius 2 is 1.59 bits per heavy atom. The van der Waals surface area contributed by atoms with Crippen molar-refractivity contribution in [3.63, 3.8) is 0 Å². The quantitative estimate of drug-likeness (QED) is 0.146. The van der Waals surface area contributed by atoms with Gasteiger partial charge in [-0.15, -0.1) is 0 Å². The summed E-state index contributed by atoms with van der Waals surface area (Å²) in [4.78, 5) is 39.8. The Balaban J connectivity index is 1.26. The topological polar surface area (TPSA) is 174 Å². The van der Waals surface area contributed by atoms with Crippen LogP contribution in [0, 0.1) is 5.92 Å². The lowest BCUT2D eigenvalue weighted by Gasteiger charge is -2.42. The standard InChI is InChI=1S/C29H49N7O5/c1-19(2)14-12-10-8-6-4-5-7-9-11-13-15-21(37)30-16-22(38)35-23-20(3)41-29(26(40)25(23)39)36-28-24-27(32-17-31-24)33-18-34-28/h17-20,23,25-26,29,39-40H,4-16H2,1-3H3,(H,30,37)(H,35,38)(H2,31,32,33,34,36)/t20-,23-,25-,26-,29+/m0/s1. The zero-order valence-corrected chi connectivity index (χ0v) is 24.8. The van der Waals surface area contributed by atoms with E-state index >= 15 is 0 Å². The first-order chi connectivity index (χ1) is 19.8. The van der Waals surface area contributed by atoms with Gasteiger partial charge >= 0.3 is 0 Å². The summed E-state index contributed by atoms with van der Waals surface area (Å²) < 4.78 is 5.85. The van der Waals surface area contributed by atoms with Crippen molar-refractivity contribution in [2.24, 2.45) is 5.92 Å². The van der Waals surface area contributed by atoms with Gasteiger partial charge in [-0.05, 0) is 19.3 Å². The third-order valence-corrected chi connectivity index (χ3v) is 7.61. The number of anilines is 1. The van der Waals surface area contributed by atoms with E-state index in [1.807, 2.05) is 0 Å². The molecule has 0 radical (unpaired) electrons. The molecular formula is C29H49N7O5. The molecule has 2 aromatic rings. The average Bonchev–Trinajstić information content (AvgIpc) is 3.43. The van der Waals surface area contributed by atoms with Crippen LogP contribution in [0.15, 0.2) is 12.7 Å². The molecule has 12 heteroatoms. The molecule has 41 heavy (non-hydrogen) atoms. The van der Waals surface area contributed by atoms with Gasteiger partial charge in [0.1, 0.15) is 24.1 Å². The second-order valence-electron chi connectivity index (χ2n) is 11.5. The fraction of sp³-hybridized carbons (Fsp3) is 0.759. The lowest BCUT2D eigenvalue weighted by Crippen LogP contribution is -2.64. The Morgan fingerprint density at radius 3 is 2.27 bits per heavy atom. The molecule has 0 saturated carbocycles. The van der Waals surface area contributed by atoms with Gasteiger partial charge < -0.3 is 35.9 Å². The first-order valence-corrected chi connectivity index (χ1v) is 15.2. The first kappa shape index (κ1) is 32.7. The number of nitrogens with one attached hydrogen (secondary N) is 4. The van der Waals surface area contributed by atoms with Gasteiger partial charge in [0.2, 0.25) is 11.8 Å². The van der Waals surface area contributed by atoms with Crippen LogP contribution in [0.5, 0.6) is 0 Å². The van der Waals surface area contributed by atoms with Crippen molar-refractivity contribution in [3.8, 4) is 0 Å². The average molecular weight is 576 g/mol. The van der Waals surface area contributed by atoms with Gasteiger partial charge in [-0.25, -0.2) is 15.0 Å². The highest BCUT2D eigenvalue weighted by atomic mass is 16.5. The highest BCUT2D eigenvalue weighted by Crippen LogP contribution is 2.24. The van der Waals surface area contributed by atoms with Crippen molar-refractivity contribution in [1.29, 1.82) is 0 Å². The second kappa shape index (κ2) is 17.2. The van der Waals surface area contributed by atoms with E-state index in [1.165, 1.54) is 64.0 Å². The van der Waals surface area contributed by atoms with Gasteiger partial charge in [0.05, 0.1) is 25.0 Å². The van der Waals surface area contributed by atoms with E-state index in [9.17, 15) is 19.8 Å². The molecule has 0 aromatic carbocycles.